The Kier molecular flexibility index (Phi) is 3.37. The van der Waals surface area contributed by atoms with Crippen molar-refractivity contribution in [2.75, 3.05) is 0 Å². The van der Waals surface area contributed by atoms with E-state index in [1.165, 1.54) is 19.3 Å². The lowest BCUT2D eigenvalue weighted by molar-refractivity contribution is -0.136. The highest BCUT2D eigenvalue weighted by Gasteiger charge is 2.20. The average molecular weight is 221 g/mol. The van der Waals surface area contributed by atoms with Crippen LogP contribution in [0, 0.1) is 5.92 Å². The molecule has 1 aliphatic rings. The fourth-order valence-electron chi connectivity index (χ4n) is 1.29. The Morgan fingerprint density at radius 3 is 2.64 bits per heavy atom. The molecule has 0 heterocycles. The van der Waals surface area contributed by atoms with Gasteiger partial charge in [0.25, 0.3) is 0 Å². The predicted octanol–water partition coefficient (Wildman–Crippen LogP) is 2.41. The summed E-state index contributed by atoms with van der Waals surface area (Å²) in [4.78, 5) is 10.0. The third kappa shape index (κ3) is 2.81. The molecule has 0 bridgehead atoms. The maximum atomic E-state index is 10.4. The number of alkyl halides is 1. The summed E-state index contributed by atoms with van der Waals surface area (Å²) >= 11 is 3.12. The highest BCUT2D eigenvalue weighted by atomic mass is 79.9. The molecule has 0 radical (unpaired) electrons. The van der Waals surface area contributed by atoms with Gasteiger partial charge in [0.2, 0.25) is 0 Å². The van der Waals surface area contributed by atoms with Crippen molar-refractivity contribution < 1.29 is 9.90 Å². The molecule has 0 aliphatic heterocycles. The molecule has 0 amide bonds. The molecule has 1 rings (SSSR count). The van der Waals surface area contributed by atoms with Crippen LogP contribution in [-0.4, -0.2) is 15.9 Å². The van der Waals surface area contributed by atoms with Crippen LogP contribution >= 0.6 is 15.9 Å². The van der Waals surface area contributed by atoms with E-state index in [2.05, 4.69) is 15.9 Å². The van der Waals surface area contributed by atoms with Crippen LogP contribution in [0.25, 0.3) is 0 Å². The lowest BCUT2D eigenvalue weighted by Crippen LogP contribution is -2.17. The van der Waals surface area contributed by atoms with Crippen LogP contribution < -0.4 is 0 Å². The second kappa shape index (κ2) is 4.10. The Bertz CT molecular complexity index is 143. The molecule has 0 saturated heterocycles. The first-order valence-electron chi connectivity index (χ1n) is 4.07. The van der Waals surface area contributed by atoms with Crippen molar-refractivity contribution in [3.05, 3.63) is 0 Å². The number of rotatable bonds is 4. The zero-order valence-electron chi connectivity index (χ0n) is 6.42. The van der Waals surface area contributed by atoms with Crippen LogP contribution in [-0.2, 0) is 4.79 Å². The van der Waals surface area contributed by atoms with Crippen LogP contribution in [0.4, 0.5) is 0 Å². The van der Waals surface area contributed by atoms with E-state index >= 15 is 0 Å². The molecular weight excluding hydrogens is 208 g/mol. The molecule has 11 heavy (non-hydrogen) atoms. The van der Waals surface area contributed by atoms with Crippen molar-refractivity contribution in [3.63, 3.8) is 0 Å². The normalized spacial score (nSPS) is 20.8. The second-order valence-corrected chi connectivity index (χ2v) is 4.29. The maximum absolute atomic E-state index is 10.4. The molecule has 3 heteroatoms. The van der Waals surface area contributed by atoms with Gasteiger partial charge in [0, 0.05) is 0 Å². The maximum Gasteiger partial charge on any atom is 0.317 e. The first kappa shape index (κ1) is 9.04. The summed E-state index contributed by atoms with van der Waals surface area (Å²) in [5.74, 6) is 0.0822. The first-order valence-corrected chi connectivity index (χ1v) is 4.98. The highest BCUT2D eigenvalue weighted by Crippen LogP contribution is 2.31. The Morgan fingerprint density at radius 2 is 2.27 bits per heavy atom. The second-order valence-electron chi connectivity index (χ2n) is 3.18. The van der Waals surface area contributed by atoms with E-state index in [1.807, 2.05) is 0 Å². The van der Waals surface area contributed by atoms with E-state index in [9.17, 15) is 4.79 Å². The van der Waals surface area contributed by atoms with Gasteiger partial charge in [0.05, 0.1) is 0 Å². The molecule has 1 saturated carbocycles. The van der Waals surface area contributed by atoms with Crippen molar-refractivity contribution in [1.29, 1.82) is 0 Å². The molecule has 1 fully saturated rings. The van der Waals surface area contributed by atoms with Gasteiger partial charge in [-0.05, 0) is 18.8 Å². The Hall–Kier alpha value is -0.0500. The molecule has 64 valence electrons. The van der Waals surface area contributed by atoms with Crippen molar-refractivity contribution in [3.8, 4) is 0 Å². The van der Waals surface area contributed by atoms with Crippen molar-refractivity contribution in [2.24, 2.45) is 5.92 Å². The fraction of sp³-hybridized carbons (Fsp3) is 0.875. The zero-order valence-corrected chi connectivity index (χ0v) is 8.01. The Labute approximate surface area is 75.1 Å². The monoisotopic (exact) mass is 220 g/mol. The van der Waals surface area contributed by atoms with E-state index in [0.29, 0.717) is 0 Å². The molecule has 2 nitrogen and oxygen atoms in total. The van der Waals surface area contributed by atoms with E-state index in [0.717, 1.165) is 18.8 Å². The summed E-state index contributed by atoms with van der Waals surface area (Å²) < 4.78 is 0. The largest absolute Gasteiger partial charge is 0.480 e. The van der Waals surface area contributed by atoms with Crippen molar-refractivity contribution in [2.45, 2.75) is 36.9 Å². The van der Waals surface area contributed by atoms with Gasteiger partial charge in [-0.25, -0.2) is 0 Å². The lowest BCUT2D eigenvalue weighted by Gasteiger charge is -2.25. The minimum Gasteiger partial charge on any atom is -0.480 e. The van der Waals surface area contributed by atoms with Crippen LogP contribution in [0.15, 0.2) is 0 Å². The number of aliphatic carboxylic acids is 1. The summed E-state index contributed by atoms with van der Waals surface area (Å²) in [6.45, 7) is 0. The van der Waals surface area contributed by atoms with Gasteiger partial charge in [-0.2, -0.15) is 0 Å². The van der Waals surface area contributed by atoms with Gasteiger partial charge in [-0.3, -0.25) is 4.79 Å². The van der Waals surface area contributed by atoms with Crippen LogP contribution in [0.3, 0.4) is 0 Å². The van der Waals surface area contributed by atoms with Crippen molar-refractivity contribution >= 4 is 21.9 Å². The Morgan fingerprint density at radius 1 is 1.64 bits per heavy atom. The van der Waals surface area contributed by atoms with E-state index in [4.69, 9.17) is 5.11 Å². The van der Waals surface area contributed by atoms with Gasteiger partial charge in [-0.15, -0.1) is 0 Å². The average Bonchev–Trinajstić information content (AvgIpc) is 1.83. The minimum atomic E-state index is -0.732. The molecule has 1 N–H and O–H groups in total. The van der Waals surface area contributed by atoms with Gasteiger partial charge >= 0.3 is 5.97 Å². The molecule has 0 unspecified atom stereocenters. The van der Waals surface area contributed by atoms with Crippen molar-refractivity contribution in [1.82, 2.24) is 0 Å². The number of carboxylic acid groups (broad SMARTS) is 1. The highest BCUT2D eigenvalue weighted by molar-refractivity contribution is 9.10. The first-order chi connectivity index (χ1) is 5.20. The molecule has 0 aromatic heterocycles. The number of hydrogen-bond donors (Lipinski definition) is 1. The van der Waals surface area contributed by atoms with Crippen LogP contribution in [0.2, 0.25) is 0 Å². The SMILES string of the molecule is O=C(O)[C@H](Br)CCC1CCC1. The molecule has 0 aromatic rings. The Balaban J connectivity index is 2.05. The fourth-order valence-corrected chi connectivity index (χ4v) is 1.55. The lowest BCUT2D eigenvalue weighted by atomic mass is 9.82. The topological polar surface area (TPSA) is 37.3 Å². The van der Waals surface area contributed by atoms with E-state index in [-0.39, 0.29) is 4.83 Å². The minimum absolute atomic E-state index is 0.330. The summed E-state index contributed by atoms with van der Waals surface area (Å²) in [6.07, 6.45) is 5.80. The van der Waals surface area contributed by atoms with E-state index in [1.54, 1.807) is 0 Å². The zero-order chi connectivity index (χ0) is 8.27. The summed E-state index contributed by atoms with van der Waals surface area (Å²) in [7, 11) is 0. The number of carbonyl (C=O) groups is 1. The van der Waals surface area contributed by atoms with Gasteiger partial charge in [0.1, 0.15) is 4.83 Å². The molecule has 0 aromatic carbocycles. The summed E-state index contributed by atoms with van der Waals surface area (Å²) in [5, 5.41) is 8.54. The third-order valence-electron chi connectivity index (χ3n) is 2.32. The standard InChI is InChI=1S/C8H13BrO2/c9-7(8(10)11)5-4-6-2-1-3-6/h6-7H,1-5H2,(H,10,11)/t7-/m1/s1. The van der Waals surface area contributed by atoms with Crippen LogP contribution in [0.1, 0.15) is 32.1 Å². The summed E-state index contributed by atoms with van der Waals surface area (Å²) in [6, 6.07) is 0. The predicted molar refractivity (Wildman–Crippen MR) is 46.9 cm³/mol. The number of carboxylic acids is 1. The number of hydrogen-bond acceptors (Lipinski definition) is 1. The van der Waals surface area contributed by atoms with E-state index < -0.39 is 5.97 Å². The molecule has 1 atom stereocenters. The quantitative estimate of drug-likeness (QED) is 0.740. The smallest absolute Gasteiger partial charge is 0.317 e. The van der Waals surface area contributed by atoms with Crippen LogP contribution in [0.5, 0.6) is 0 Å². The number of halogens is 1. The third-order valence-corrected chi connectivity index (χ3v) is 3.17. The molecular formula is C8H13BrO2. The van der Waals surface area contributed by atoms with Gasteiger partial charge in [-0.1, -0.05) is 35.2 Å². The molecule has 1 aliphatic carbocycles. The molecule has 0 spiro atoms. The van der Waals surface area contributed by atoms with Gasteiger partial charge < -0.3 is 5.11 Å². The summed E-state index contributed by atoms with van der Waals surface area (Å²) in [5.41, 5.74) is 0. The van der Waals surface area contributed by atoms with Gasteiger partial charge in [0.15, 0.2) is 0 Å².